The number of carbonyl (C=O) groups excluding carboxylic acids is 3. The number of rotatable bonds is 4. The van der Waals surface area contributed by atoms with Crippen molar-refractivity contribution < 1.29 is 23.9 Å². The Bertz CT molecular complexity index is 433. The molecular weight excluding hydrogens is 224 g/mol. The second-order valence-corrected chi connectivity index (χ2v) is 3.32. The van der Waals surface area contributed by atoms with Crippen LogP contribution in [0.25, 0.3) is 0 Å². The van der Waals surface area contributed by atoms with E-state index in [1.54, 1.807) is 0 Å². The fourth-order valence-corrected chi connectivity index (χ4v) is 1.09. The van der Waals surface area contributed by atoms with Gasteiger partial charge in [0, 0.05) is 12.5 Å². The van der Waals surface area contributed by atoms with Crippen LogP contribution in [0.5, 0.6) is 0 Å². The van der Waals surface area contributed by atoms with E-state index < -0.39 is 18.7 Å². The summed E-state index contributed by atoms with van der Waals surface area (Å²) in [5.41, 5.74) is 0.809. The highest BCUT2D eigenvalue weighted by atomic mass is 16.7. The molecule has 90 valence electrons. The third kappa shape index (κ3) is 4.06. The fraction of sp³-hybridized carbons (Fsp3) is 0.250. The Morgan fingerprint density at radius 1 is 0.941 bits per heavy atom. The Labute approximate surface area is 98.3 Å². The number of carbonyl (C=O) groups is 3. The molecule has 0 unspecified atom stereocenters. The van der Waals surface area contributed by atoms with Crippen molar-refractivity contribution in [2.75, 3.05) is 6.79 Å². The highest BCUT2D eigenvalue weighted by Crippen LogP contribution is 2.06. The average Bonchev–Trinajstić information content (AvgIpc) is 2.28. The molecule has 0 fully saturated rings. The van der Waals surface area contributed by atoms with Crippen LogP contribution in [0.4, 0.5) is 0 Å². The zero-order valence-electron chi connectivity index (χ0n) is 9.56. The molecule has 0 radical (unpaired) electrons. The summed E-state index contributed by atoms with van der Waals surface area (Å²) in [6.07, 6.45) is 0. The molecule has 0 heterocycles. The van der Waals surface area contributed by atoms with Gasteiger partial charge in [-0.1, -0.05) is 12.1 Å². The maximum absolute atomic E-state index is 11.4. The van der Waals surface area contributed by atoms with Crippen molar-refractivity contribution in [2.45, 2.75) is 13.8 Å². The second kappa shape index (κ2) is 5.79. The first kappa shape index (κ1) is 12.9. The molecule has 0 spiro atoms. The standard InChI is InChI=1S/C12H12O5/c1-8(13)10-3-5-11(6-4-10)12(15)17-7-16-9(2)14/h3-6H,7H2,1-2H3. The van der Waals surface area contributed by atoms with Crippen LogP contribution < -0.4 is 0 Å². The van der Waals surface area contributed by atoms with Gasteiger partial charge in [-0.05, 0) is 19.1 Å². The molecule has 0 aliphatic carbocycles. The average molecular weight is 236 g/mol. The van der Waals surface area contributed by atoms with E-state index >= 15 is 0 Å². The van der Waals surface area contributed by atoms with E-state index in [1.165, 1.54) is 38.1 Å². The van der Waals surface area contributed by atoms with Crippen LogP contribution in [0, 0.1) is 0 Å². The van der Waals surface area contributed by atoms with Crippen molar-refractivity contribution in [1.29, 1.82) is 0 Å². The van der Waals surface area contributed by atoms with Crippen LogP contribution in [-0.2, 0) is 14.3 Å². The Hall–Kier alpha value is -2.17. The smallest absolute Gasteiger partial charge is 0.340 e. The highest BCUT2D eigenvalue weighted by Gasteiger charge is 2.08. The Morgan fingerprint density at radius 2 is 1.47 bits per heavy atom. The van der Waals surface area contributed by atoms with Gasteiger partial charge < -0.3 is 9.47 Å². The first-order valence-electron chi connectivity index (χ1n) is 4.92. The molecule has 5 heteroatoms. The van der Waals surface area contributed by atoms with Gasteiger partial charge in [0.15, 0.2) is 5.78 Å². The summed E-state index contributed by atoms with van der Waals surface area (Å²) in [5.74, 6) is -1.21. The molecule has 0 aliphatic rings. The molecule has 0 bridgehead atoms. The predicted octanol–water partition coefficient (Wildman–Crippen LogP) is 1.57. The minimum absolute atomic E-state index is 0.0789. The first-order valence-corrected chi connectivity index (χ1v) is 4.92. The van der Waals surface area contributed by atoms with Crippen molar-refractivity contribution in [1.82, 2.24) is 0 Å². The van der Waals surface area contributed by atoms with Crippen molar-refractivity contribution in [3.8, 4) is 0 Å². The largest absolute Gasteiger partial charge is 0.428 e. The Kier molecular flexibility index (Phi) is 4.39. The molecule has 0 saturated carbocycles. The SMILES string of the molecule is CC(=O)OCOC(=O)c1ccc(C(C)=O)cc1. The van der Waals surface area contributed by atoms with Crippen LogP contribution in [0.2, 0.25) is 0 Å². The fourth-order valence-electron chi connectivity index (χ4n) is 1.09. The monoisotopic (exact) mass is 236 g/mol. The molecule has 0 aliphatic heterocycles. The summed E-state index contributed by atoms with van der Waals surface area (Å²) in [5, 5.41) is 0. The van der Waals surface area contributed by atoms with Gasteiger partial charge in [-0.15, -0.1) is 0 Å². The summed E-state index contributed by atoms with van der Waals surface area (Å²) in [6.45, 7) is 2.24. The quantitative estimate of drug-likeness (QED) is 0.451. The van der Waals surface area contributed by atoms with E-state index in [1.807, 2.05) is 0 Å². The van der Waals surface area contributed by atoms with Gasteiger partial charge in [0.2, 0.25) is 6.79 Å². The van der Waals surface area contributed by atoms with Gasteiger partial charge >= 0.3 is 11.9 Å². The number of hydrogen-bond acceptors (Lipinski definition) is 5. The summed E-state index contributed by atoms with van der Waals surface area (Å²) < 4.78 is 9.13. The minimum Gasteiger partial charge on any atom is -0.428 e. The zero-order valence-corrected chi connectivity index (χ0v) is 9.56. The lowest BCUT2D eigenvalue weighted by Gasteiger charge is -2.04. The van der Waals surface area contributed by atoms with Gasteiger partial charge in [0.05, 0.1) is 5.56 Å². The molecule has 1 aromatic carbocycles. The summed E-state index contributed by atoms with van der Waals surface area (Å²) in [6, 6.07) is 6.02. The number of ketones is 1. The third-order valence-electron chi connectivity index (χ3n) is 1.98. The van der Waals surface area contributed by atoms with Gasteiger partial charge in [-0.25, -0.2) is 4.79 Å². The van der Waals surface area contributed by atoms with E-state index in [2.05, 4.69) is 9.47 Å². The summed E-state index contributed by atoms with van der Waals surface area (Å²) in [7, 11) is 0. The van der Waals surface area contributed by atoms with Gasteiger partial charge in [-0.3, -0.25) is 9.59 Å². The number of benzene rings is 1. The van der Waals surface area contributed by atoms with E-state index in [-0.39, 0.29) is 5.78 Å². The molecule has 0 aromatic heterocycles. The molecule has 0 saturated heterocycles. The van der Waals surface area contributed by atoms with Gasteiger partial charge in [0.1, 0.15) is 0 Å². The molecule has 1 aromatic rings. The Balaban J connectivity index is 2.57. The Morgan fingerprint density at radius 3 is 1.94 bits per heavy atom. The first-order chi connectivity index (χ1) is 8.00. The highest BCUT2D eigenvalue weighted by molar-refractivity contribution is 5.96. The van der Waals surface area contributed by atoms with Crippen molar-refractivity contribution in [3.05, 3.63) is 35.4 Å². The lowest BCUT2D eigenvalue weighted by atomic mass is 10.1. The van der Waals surface area contributed by atoms with Crippen molar-refractivity contribution in [2.24, 2.45) is 0 Å². The van der Waals surface area contributed by atoms with Crippen molar-refractivity contribution >= 4 is 17.7 Å². The van der Waals surface area contributed by atoms with E-state index in [4.69, 9.17) is 0 Å². The number of esters is 2. The normalized spacial score (nSPS) is 9.53. The van der Waals surface area contributed by atoms with Crippen LogP contribution in [-0.4, -0.2) is 24.5 Å². The predicted molar refractivity (Wildman–Crippen MR) is 58.5 cm³/mol. The topological polar surface area (TPSA) is 69.7 Å². The maximum Gasteiger partial charge on any atom is 0.340 e. The van der Waals surface area contributed by atoms with E-state index in [0.29, 0.717) is 11.1 Å². The molecule has 17 heavy (non-hydrogen) atoms. The van der Waals surface area contributed by atoms with Crippen LogP contribution in [0.1, 0.15) is 34.6 Å². The third-order valence-corrected chi connectivity index (χ3v) is 1.98. The molecule has 0 atom stereocenters. The lowest BCUT2D eigenvalue weighted by Crippen LogP contribution is -2.11. The van der Waals surface area contributed by atoms with E-state index in [0.717, 1.165) is 0 Å². The number of hydrogen-bond donors (Lipinski definition) is 0. The van der Waals surface area contributed by atoms with Gasteiger partial charge in [-0.2, -0.15) is 0 Å². The maximum atomic E-state index is 11.4. The van der Waals surface area contributed by atoms with E-state index in [9.17, 15) is 14.4 Å². The molecule has 0 amide bonds. The van der Waals surface area contributed by atoms with Crippen LogP contribution in [0.3, 0.4) is 0 Å². The zero-order chi connectivity index (χ0) is 12.8. The second-order valence-electron chi connectivity index (χ2n) is 3.32. The van der Waals surface area contributed by atoms with Gasteiger partial charge in [0.25, 0.3) is 0 Å². The van der Waals surface area contributed by atoms with Crippen LogP contribution in [0.15, 0.2) is 24.3 Å². The molecule has 0 N–H and O–H groups in total. The minimum atomic E-state index is -0.610. The lowest BCUT2D eigenvalue weighted by molar-refractivity contribution is -0.149. The molecular formula is C12H12O5. The van der Waals surface area contributed by atoms with Crippen molar-refractivity contribution in [3.63, 3.8) is 0 Å². The van der Waals surface area contributed by atoms with Crippen LogP contribution >= 0.6 is 0 Å². The summed E-state index contributed by atoms with van der Waals surface area (Å²) in [4.78, 5) is 32.8. The number of Topliss-reactive ketones (excluding diaryl/α,β-unsaturated/α-hetero) is 1. The number of ether oxygens (including phenoxy) is 2. The summed E-state index contributed by atoms with van der Waals surface area (Å²) >= 11 is 0. The molecule has 5 nitrogen and oxygen atoms in total. The molecule has 1 rings (SSSR count).